The molecule has 0 bridgehead atoms. The van der Waals surface area contributed by atoms with Gasteiger partial charge in [-0.2, -0.15) is 0 Å². The van der Waals surface area contributed by atoms with Gasteiger partial charge in [0.1, 0.15) is 5.76 Å². The Morgan fingerprint density at radius 1 is 1.33 bits per heavy atom. The number of hydrogen-bond acceptors (Lipinski definition) is 3. The van der Waals surface area contributed by atoms with Crippen LogP contribution in [0.25, 0.3) is 0 Å². The van der Waals surface area contributed by atoms with E-state index in [2.05, 4.69) is 5.16 Å². The lowest BCUT2D eigenvalue weighted by Gasteiger charge is -2.41. The minimum Gasteiger partial charge on any atom is -0.361 e. The largest absolute Gasteiger partial charge is 0.361 e. The third-order valence-corrected chi connectivity index (χ3v) is 4.43. The summed E-state index contributed by atoms with van der Waals surface area (Å²) >= 11 is 0. The van der Waals surface area contributed by atoms with Crippen LogP contribution >= 0.6 is 0 Å². The normalized spacial score (nSPS) is 27.9. The smallest absolute Gasteiger partial charge is 0.276 e. The molecule has 0 spiro atoms. The molecule has 4 nitrogen and oxygen atoms in total. The third-order valence-electron chi connectivity index (χ3n) is 4.43. The number of aromatic nitrogens is 1. The van der Waals surface area contributed by atoms with Gasteiger partial charge in [0.05, 0.1) is 0 Å². The van der Waals surface area contributed by atoms with Gasteiger partial charge in [0, 0.05) is 19.2 Å². The highest BCUT2D eigenvalue weighted by molar-refractivity contribution is 5.92. The molecule has 1 saturated carbocycles. The molecular weight excluding hydrogens is 228 g/mol. The van der Waals surface area contributed by atoms with Crippen LogP contribution in [0.15, 0.2) is 10.6 Å². The van der Waals surface area contributed by atoms with Crippen LogP contribution in [-0.4, -0.2) is 29.1 Å². The molecule has 1 amide bonds. The quantitative estimate of drug-likeness (QED) is 0.767. The lowest BCUT2D eigenvalue weighted by Crippen LogP contribution is -2.44. The van der Waals surface area contributed by atoms with Gasteiger partial charge in [-0.1, -0.05) is 24.4 Å². The Hall–Kier alpha value is -1.32. The molecule has 18 heavy (non-hydrogen) atoms. The highest BCUT2D eigenvalue weighted by Gasteiger charge is 2.33. The summed E-state index contributed by atoms with van der Waals surface area (Å²) in [5, 5.41) is 3.83. The minimum atomic E-state index is 0.0378. The van der Waals surface area contributed by atoms with Crippen molar-refractivity contribution in [1.29, 1.82) is 0 Å². The van der Waals surface area contributed by atoms with E-state index in [0.717, 1.165) is 25.4 Å². The molecule has 2 heterocycles. The standard InChI is InChI=1S/C14H20N2O2/c1-10-8-13(15-18-10)14(17)16-7-6-11-4-2-3-5-12(11)9-16/h8,11-12H,2-7,9H2,1H3. The Balaban J connectivity index is 1.68. The fourth-order valence-electron chi connectivity index (χ4n) is 3.41. The van der Waals surface area contributed by atoms with E-state index in [1.807, 2.05) is 11.8 Å². The van der Waals surface area contributed by atoms with Crippen molar-refractivity contribution in [2.24, 2.45) is 11.8 Å². The lowest BCUT2D eigenvalue weighted by atomic mass is 9.75. The first kappa shape index (κ1) is 11.8. The second-order valence-electron chi connectivity index (χ2n) is 5.67. The summed E-state index contributed by atoms with van der Waals surface area (Å²) in [7, 11) is 0. The Labute approximate surface area is 107 Å². The lowest BCUT2D eigenvalue weighted by molar-refractivity contribution is 0.0511. The summed E-state index contributed by atoms with van der Waals surface area (Å²) in [5.74, 6) is 2.30. The molecule has 3 rings (SSSR count). The highest BCUT2D eigenvalue weighted by atomic mass is 16.5. The van der Waals surface area contributed by atoms with Crippen LogP contribution in [-0.2, 0) is 0 Å². The molecule has 0 aromatic carbocycles. The molecule has 1 aliphatic carbocycles. The van der Waals surface area contributed by atoms with Gasteiger partial charge in [0.15, 0.2) is 5.69 Å². The first-order valence-corrected chi connectivity index (χ1v) is 6.96. The molecule has 1 aromatic rings. The Morgan fingerprint density at radius 2 is 2.11 bits per heavy atom. The average molecular weight is 248 g/mol. The molecule has 2 unspecified atom stereocenters. The highest BCUT2D eigenvalue weighted by Crippen LogP contribution is 2.36. The van der Waals surface area contributed by atoms with Crippen molar-refractivity contribution in [2.45, 2.75) is 39.0 Å². The SMILES string of the molecule is Cc1cc(C(=O)N2CCC3CCCCC3C2)no1. The number of fused-ring (bicyclic) bond motifs is 1. The number of carbonyl (C=O) groups excluding carboxylic acids is 1. The molecule has 2 fully saturated rings. The molecule has 0 radical (unpaired) electrons. The first-order chi connectivity index (χ1) is 8.74. The van der Waals surface area contributed by atoms with E-state index < -0.39 is 0 Å². The summed E-state index contributed by atoms with van der Waals surface area (Å²) in [6, 6.07) is 1.73. The topological polar surface area (TPSA) is 46.3 Å². The van der Waals surface area contributed by atoms with Crippen molar-refractivity contribution in [3.8, 4) is 0 Å². The fourth-order valence-corrected chi connectivity index (χ4v) is 3.41. The van der Waals surface area contributed by atoms with E-state index in [4.69, 9.17) is 4.52 Å². The predicted octanol–water partition coefficient (Wildman–Crippen LogP) is 2.64. The average Bonchev–Trinajstić information content (AvgIpc) is 2.84. The third kappa shape index (κ3) is 2.16. The maximum Gasteiger partial charge on any atom is 0.276 e. The van der Waals surface area contributed by atoms with Gasteiger partial charge in [0.2, 0.25) is 0 Å². The van der Waals surface area contributed by atoms with Crippen LogP contribution in [0.1, 0.15) is 48.4 Å². The Kier molecular flexibility index (Phi) is 3.10. The van der Waals surface area contributed by atoms with Crippen molar-refractivity contribution >= 4 is 5.91 Å². The van der Waals surface area contributed by atoms with Crippen LogP contribution in [0.3, 0.4) is 0 Å². The van der Waals surface area contributed by atoms with Gasteiger partial charge in [0.25, 0.3) is 5.91 Å². The maximum absolute atomic E-state index is 12.3. The molecular formula is C14H20N2O2. The molecule has 1 aliphatic heterocycles. The molecule has 4 heteroatoms. The number of piperidine rings is 1. The van der Waals surface area contributed by atoms with Gasteiger partial charge in [-0.05, 0) is 31.6 Å². The van der Waals surface area contributed by atoms with E-state index in [1.54, 1.807) is 6.07 Å². The number of hydrogen-bond donors (Lipinski definition) is 0. The van der Waals surface area contributed by atoms with Gasteiger partial charge in [-0.15, -0.1) is 0 Å². The van der Waals surface area contributed by atoms with Crippen molar-refractivity contribution in [2.75, 3.05) is 13.1 Å². The van der Waals surface area contributed by atoms with E-state index in [0.29, 0.717) is 17.4 Å². The maximum atomic E-state index is 12.3. The number of likely N-dealkylation sites (tertiary alicyclic amines) is 1. The predicted molar refractivity (Wildman–Crippen MR) is 67.2 cm³/mol. The minimum absolute atomic E-state index is 0.0378. The zero-order valence-electron chi connectivity index (χ0n) is 10.9. The molecule has 0 N–H and O–H groups in total. The van der Waals surface area contributed by atoms with Crippen molar-refractivity contribution in [3.05, 3.63) is 17.5 Å². The zero-order valence-corrected chi connectivity index (χ0v) is 10.9. The second-order valence-corrected chi connectivity index (χ2v) is 5.67. The van der Waals surface area contributed by atoms with Crippen molar-refractivity contribution < 1.29 is 9.32 Å². The van der Waals surface area contributed by atoms with E-state index in [-0.39, 0.29) is 5.91 Å². The summed E-state index contributed by atoms with van der Waals surface area (Å²) in [6.45, 7) is 3.61. The number of rotatable bonds is 1. The van der Waals surface area contributed by atoms with Crippen molar-refractivity contribution in [1.82, 2.24) is 10.1 Å². The number of amides is 1. The van der Waals surface area contributed by atoms with Crippen LogP contribution in [0.4, 0.5) is 0 Å². The molecule has 2 aliphatic rings. The molecule has 2 atom stereocenters. The number of carbonyl (C=O) groups is 1. The Morgan fingerprint density at radius 3 is 2.83 bits per heavy atom. The van der Waals surface area contributed by atoms with Gasteiger partial charge in [-0.3, -0.25) is 4.79 Å². The summed E-state index contributed by atoms with van der Waals surface area (Å²) in [4.78, 5) is 14.3. The zero-order chi connectivity index (χ0) is 12.5. The van der Waals surface area contributed by atoms with E-state index >= 15 is 0 Å². The van der Waals surface area contributed by atoms with Crippen LogP contribution < -0.4 is 0 Å². The summed E-state index contributed by atoms with van der Waals surface area (Å²) < 4.78 is 4.99. The fraction of sp³-hybridized carbons (Fsp3) is 0.714. The second kappa shape index (κ2) is 4.75. The monoisotopic (exact) mass is 248 g/mol. The molecule has 98 valence electrons. The summed E-state index contributed by atoms with van der Waals surface area (Å²) in [6.07, 6.45) is 6.50. The van der Waals surface area contributed by atoms with Crippen LogP contribution in [0.5, 0.6) is 0 Å². The van der Waals surface area contributed by atoms with Gasteiger partial charge >= 0.3 is 0 Å². The molecule has 1 aromatic heterocycles. The van der Waals surface area contributed by atoms with E-state index in [9.17, 15) is 4.79 Å². The van der Waals surface area contributed by atoms with Crippen LogP contribution in [0, 0.1) is 18.8 Å². The molecule has 1 saturated heterocycles. The van der Waals surface area contributed by atoms with Crippen molar-refractivity contribution in [3.63, 3.8) is 0 Å². The number of nitrogens with zero attached hydrogens (tertiary/aromatic N) is 2. The van der Waals surface area contributed by atoms with Gasteiger partial charge in [-0.25, -0.2) is 0 Å². The Bertz CT molecular complexity index is 441. The number of aryl methyl sites for hydroxylation is 1. The van der Waals surface area contributed by atoms with E-state index in [1.165, 1.54) is 25.7 Å². The van der Waals surface area contributed by atoms with Gasteiger partial charge < -0.3 is 9.42 Å². The summed E-state index contributed by atoms with van der Waals surface area (Å²) in [5.41, 5.74) is 0.460. The van der Waals surface area contributed by atoms with Crippen LogP contribution in [0.2, 0.25) is 0 Å². The first-order valence-electron chi connectivity index (χ1n) is 6.96.